The highest BCUT2D eigenvalue weighted by Crippen LogP contribution is 2.27. The number of anilines is 1. The number of allylic oxidation sites excluding steroid dienone is 3. The molecule has 2 heterocycles. The fraction of sp³-hybridized carbons (Fsp3) is 0.450. The fourth-order valence-electron chi connectivity index (χ4n) is 3.69. The number of carbonyl (C=O) groups is 2. The number of hydrogen-bond donors (Lipinski definition) is 1. The molecule has 140 valence electrons. The molecule has 1 saturated heterocycles. The lowest BCUT2D eigenvalue weighted by molar-refractivity contribution is -0.115. The van der Waals surface area contributed by atoms with E-state index in [9.17, 15) is 14.9 Å². The predicted octanol–water partition coefficient (Wildman–Crippen LogP) is 2.24. The summed E-state index contributed by atoms with van der Waals surface area (Å²) in [5, 5.41) is 12.1. The molecule has 27 heavy (non-hydrogen) atoms. The highest BCUT2D eigenvalue weighted by molar-refractivity contribution is 6.01. The second-order valence-electron chi connectivity index (χ2n) is 7.09. The summed E-state index contributed by atoms with van der Waals surface area (Å²) in [5.41, 5.74) is 3.47. The van der Waals surface area contributed by atoms with E-state index in [2.05, 4.69) is 21.4 Å². The molecular weight excluding hydrogens is 342 g/mol. The van der Waals surface area contributed by atoms with E-state index < -0.39 is 0 Å². The molecule has 0 aromatic carbocycles. The molecule has 0 unspecified atom stereocenters. The quantitative estimate of drug-likeness (QED) is 0.878. The first-order valence-electron chi connectivity index (χ1n) is 9.08. The number of aromatic nitrogens is 2. The topological polar surface area (TPSA) is 99.0 Å². The SMILES string of the molecule is CC1=CC(C)=C(CNC(=O)c2ncnc(N3CCC[C@@H]3C#N)c2C)C(=O)C1. The van der Waals surface area contributed by atoms with Gasteiger partial charge in [-0.05, 0) is 39.2 Å². The summed E-state index contributed by atoms with van der Waals surface area (Å²) in [6, 6.07) is 2.06. The number of nitrogens with one attached hydrogen (secondary N) is 1. The van der Waals surface area contributed by atoms with Crippen LogP contribution in [-0.4, -0.2) is 40.8 Å². The molecule has 1 amide bonds. The van der Waals surface area contributed by atoms with Crippen molar-refractivity contribution < 1.29 is 9.59 Å². The lowest BCUT2D eigenvalue weighted by Gasteiger charge is -2.23. The van der Waals surface area contributed by atoms with Gasteiger partial charge in [0, 0.05) is 30.6 Å². The fourth-order valence-corrected chi connectivity index (χ4v) is 3.69. The molecule has 1 aromatic heterocycles. The Labute approximate surface area is 158 Å². The summed E-state index contributed by atoms with van der Waals surface area (Å²) in [5.74, 6) is 0.326. The van der Waals surface area contributed by atoms with E-state index >= 15 is 0 Å². The average molecular weight is 365 g/mol. The summed E-state index contributed by atoms with van der Waals surface area (Å²) < 4.78 is 0. The zero-order chi connectivity index (χ0) is 19.6. The molecular formula is C20H23N5O2. The Bertz CT molecular complexity index is 894. The van der Waals surface area contributed by atoms with Crippen LogP contribution in [0, 0.1) is 18.3 Å². The molecule has 1 aromatic rings. The van der Waals surface area contributed by atoms with Crippen LogP contribution >= 0.6 is 0 Å². The van der Waals surface area contributed by atoms with E-state index in [1.165, 1.54) is 6.33 Å². The minimum Gasteiger partial charge on any atom is -0.346 e. The van der Waals surface area contributed by atoms with E-state index in [0.717, 1.165) is 30.5 Å². The molecule has 2 aliphatic rings. The van der Waals surface area contributed by atoms with E-state index in [1.54, 1.807) is 6.92 Å². The summed E-state index contributed by atoms with van der Waals surface area (Å²) >= 11 is 0. The van der Waals surface area contributed by atoms with E-state index in [4.69, 9.17) is 0 Å². The molecule has 7 heteroatoms. The number of amides is 1. The monoisotopic (exact) mass is 365 g/mol. The van der Waals surface area contributed by atoms with Crippen LogP contribution in [0.2, 0.25) is 0 Å². The van der Waals surface area contributed by atoms with Crippen molar-refractivity contribution in [3.63, 3.8) is 0 Å². The van der Waals surface area contributed by atoms with Crippen molar-refractivity contribution >= 4 is 17.5 Å². The summed E-state index contributed by atoms with van der Waals surface area (Å²) in [7, 11) is 0. The van der Waals surface area contributed by atoms with Crippen molar-refractivity contribution in [3.05, 3.63) is 40.4 Å². The first-order valence-corrected chi connectivity index (χ1v) is 9.08. The van der Waals surface area contributed by atoms with Crippen molar-refractivity contribution in [3.8, 4) is 6.07 Å². The molecule has 0 radical (unpaired) electrons. The van der Waals surface area contributed by atoms with Crippen LogP contribution in [-0.2, 0) is 4.79 Å². The van der Waals surface area contributed by atoms with E-state index in [1.807, 2.05) is 24.8 Å². The molecule has 1 N–H and O–H groups in total. The van der Waals surface area contributed by atoms with Crippen molar-refractivity contribution in [2.45, 2.75) is 46.1 Å². The van der Waals surface area contributed by atoms with Crippen LogP contribution in [0.4, 0.5) is 5.82 Å². The second kappa shape index (κ2) is 7.70. The Morgan fingerprint density at radius 2 is 2.15 bits per heavy atom. The smallest absolute Gasteiger partial charge is 0.270 e. The number of nitrogens with zero attached hydrogens (tertiary/aromatic N) is 4. The van der Waals surface area contributed by atoms with Gasteiger partial charge in [0.1, 0.15) is 23.9 Å². The van der Waals surface area contributed by atoms with Crippen LogP contribution in [0.15, 0.2) is 29.1 Å². The molecule has 3 rings (SSSR count). The third-order valence-electron chi connectivity index (χ3n) is 5.09. The Morgan fingerprint density at radius 3 is 2.85 bits per heavy atom. The standard InChI is InChI=1S/C20H23N5O2/c1-12-7-13(2)16(17(26)8-12)10-22-20(27)18-14(3)19(24-11-23-18)25-6-4-5-15(25)9-21/h7,11,15H,4-6,8,10H2,1-3H3,(H,22,27)/t15-/m1/s1. The van der Waals surface area contributed by atoms with Gasteiger partial charge in [-0.2, -0.15) is 5.26 Å². The third-order valence-corrected chi connectivity index (χ3v) is 5.09. The lowest BCUT2D eigenvalue weighted by Crippen LogP contribution is -2.33. The summed E-state index contributed by atoms with van der Waals surface area (Å²) in [6.07, 6.45) is 5.44. The highest BCUT2D eigenvalue weighted by Gasteiger charge is 2.28. The van der Waals surface area contributed by atoms with E-state index in [-0.39, 0.29) is 30.0 Å². The maximum absolute atomic E-state index is 12.7. The number of hydrogen-bond acceptors (Lipinski definition) is 6. The number of nitriles is 1. The summed E-state index contributed by atoms with van der Waals surface area (Å²) in [6.45, 7) is 6.51. The van der Waals surface area contributed by atoms with Crippen molar-refractivity contribution in [1.82, 2.24) is 15.3 Å². The van der Waals surface area contributed by atoms with Crippen LogP contribution in [0.25, 0.3) is 0 Å². The molecule has 0 saturated carbocycles. The average Bonchev–Trinajstić information content (AvgIpc) is 3.09. The molecule has 1 aliphatic heterocycles. The molecule has 0 spiro atoms. The van der Waals surface area contributed by atoms with Crippen molar-refractivity contribution in [2.75, 3.05) is 18.0 Å². The Morgan fingerprint density at radius 1 is 1.37 bits per heavy atom. The Kier molecular flexibility index (Phi) is 5.36. The highest BCUT2D eigenvalue weighted by atomic mass is 16.2. The van der Waals surface area contributed by atoms with Gasteiger partial charge in [-0.15, -0.1) is 0 Å². The van der Waals surface area contributed by atoms with Crippen molar-refractivity contribution in [2.24, 2.45) is 0 Å². The molecule has 1 aliphatic carbocycles. The predicted molar refractivity (Wildman–Crippen MR) is 101 cm³/mol. The van der Waals surface area contributed by atoms with Crippen LogP contribution in [0.5, 0.6) is 0 Å². The Balaban J connectivity index is 1.78. The maximum Gasteiger partial charge on any atom is 0.270 e. The van der Waals surface area contributed by atoms with Gasteiger partial charge in [0.2, 0.25) is 0 Å². The first kappa shape index (κ1) is 18.8. The first-order chi connectivity index (χ1) is 12.9. The van der Waals surface area contributed by atoms with Crippen LogP contribution < -0.4 is 10.2 Å². The van der Waals surface area contributed by atoms with Gasteiger partial charge >= 0.3 is 0 Å². The molecule has 1 fully saturated rings. The van der Waals surface area contributed by atoms with Crippen LogP contribution in [0.3, 0.4) is 0 Å². The zero-order valence-electron chi connectivity index (χ0n) is 15.9. The number of rotatable bonds is 4. The molecule has 0 bridgehead atoms. The van der Waals surface area contributed by atoms with E-state index in [0.29, 0.717) is 23.4 Å². The maximum atomic E-state index is 12.7. The van der Waals surface area contributed by atoms with Gasteiger partial charge in [0.15, 0.2) is 5.78 Å². The number of ketones is 1. The van der Waals surface area contributed by atoms with Gasteiger partial charge in [-0.1, -0.05) is 11.6 Å². The lowest BCUT2D eigenvalue weighted by atomic mass is 9.92. The van der Waals surface area contributed by atoms with Gasteiger partial charge in [-0.3, -0.25) is 9.59 Å². The van der Waals surface area contributed by atoms with Gasteiger partial charge < -0.3 is 10.2 Å². The third kappa shape index (κ3) is 3.75. The molecule has 7 nitrogen and oxygen atoms in total. The van der Waals surface area contributed by atoms with Gasteiger partial charge in [0.25, 0.3) is 5.91 Å². The van der Waals surface area contributed by atoms with Gasteiger partial charge in [-0.25, -0.2) is 9.97 Å². The van der Waals surface area contributed by atoms with Crippen LogP contribution in [0.1, 0.15) is 49.2 Å². The summed E-state index contributed by atoms with van der Waals surface area (Å²) in [4.78, 5) is 35.2. The Hall–Kier alpha value is -3.01. The largest absolute Gasteiger partial charge is 0.346 e. The molecule has 1 atom stereocenters. The normalized spacial score (nSPS) is 19.8. The minimum absolute atomic E-state index is 0.0434. The zero-order valence-corrected chi connectivity index (χ0v) is 15.9. The number of Topliss-reactive ketones (excluding diaryl/α,β-unsaturated/α-hetero) is 1. The van der Waals surface area contributed by atoms with Gasteiger partial charge in [0.05, 0.1) is 6.07 Å². The number of carbonyl (C=O) groups excluding carboxylic acids is 2. The second-order valence-corrected chi connectivity index (χ2v) is 7.09. The minimum atomic E-state index is -0.344. The van der Waals surface area contributed by atoms with Crippen molar-refractivity contribution in [1.29, 1.82) is 5.26 Å².